The average molecular weight is 350 g/mol. The lowest BCUT2D eigenvalue weighted by Gasteiger charge is -2.33. The van der Waals surface area contributed by atoms with Gasteiger partial charge in [-0.15, -0.1) is 11.3 Å². The largest absolute Gasteiger partial charge is 0.241 e. The third-order valence-corrected chi connectivity index (χ3v) is 6.06. The van der Waals surface area contributed by atoms with Crippen molar-refractivity contribution in [2.45, 2.75) is 45.4 Å². The Morgan fingerprint density at radius 3 is 2.60 bits per heavy atom. The van der Waals surface area contributed by atoms with E-state index in [1.165, 1.54) is 36.3 Å². The summed E-state index contributed by atoms with van der Waals surface area (Å²) in [6.45, 7) is 4.77. The number of hydrogen-bond donors (Lipinski definition) is 0. The summed E-state index contributed by atoms with van der Waals surface area (Å²) < 4.78 is 1.13. The molecule has 0 unspecified atom stereocenters. The third-order valence-electron chi connectivity index (χ3n) is 4.36. The predicted molar refractivity (Wildman–Crippen MR) is 90.2 cm³/mol. The molecule has 1 aromatic carbocycles. The molecule has 0 radical (unpaired) electrons. The van der Waals surface area contributed by atoms with Crippen LogP contribution >= 0.6 is 27.3 Å². The van der Waals surface area contributed by atoms with Gasteiger partial charge in [0.1, 0.15) is 0 Å². The van der Waals surface area contributed by atoms with E-state index in [9.17, 15) is 0 Å². The van der Waals surface area contributed by atoms with Crippen LogP contribution in [0.3, 0.4) is 0 Å². The van der Waals surface area contributed by atoms with Crippen molar-refractivity contribution in [2.24, 2.45) is 5.41 Å². The smallest absolute Gasteiger partial charge is 0.0963 e. The monoisotopic (exact) mass is 349 g/mol. The molecule has 0 atom stereocenters. The maximum atomic E-state index is 4.90. The van der Waals surface area contributed by atoms with Crippen LogP contribution in [-0.4, -0.2) is 4.98 Å². The van der Waals surface area contributed by atoms with E-state index in [0.29, 0.717) is 11.3 Å². The minimum atomic E-state index is 0.527. The first-order chi connectivity index (χ1) is 9.55. The molecule has 0 amide bonds. The highest BCUT2D eigenvalue weighted by atomic mass is 79.9. The van der Waals surface area contributed by atoms with Gasteiger partial charge in [-0.2, -0.15) is 0 Å². The molecule has 1 aliphatic carbocycles. The summed E-state index contributed by atoms with van der Waals surface area (Å²) >= 11 is 5.45. The molecule has 0 aliphatic heterocycles. The molecule has 1 fully saturated rings. The van der Waals surface area contributed by atoms with Crippen molar-refractivity contribution in [2.75, 3.05) is 0 Å². The summed E-state index contributed by atoms with van der Waals surface area (Å²) in [6, 6.07) is 8.33. The fourth-order valence-corrected chi connectivity index (χ4v) is 4.39. The van der Waals surface area contributed by atoms with Gasteiger partial charge in [0, 0.05) is 21.3 Å². The lowest BCUT2D eigenvalue weighted by atomic mass is 9.73. The molecule has 3 heteroatoms. The Labute approximate surface area is 133 Å². The van der Waals surface area contributed by atoms with Crippen LogP contribution in [0.5, 0.6) is 0 Å². The van der Waals surface area contributed by atoms with Gasteiger partial charge in [0.15, 0.2) is 0 Å². The molecular weight excluding hydrogens is 330 g/mol. The number of rotatable bonds is 2. The van der Waals surface area contributed by atoms with Crippen LogP contribution < -0.4 is 0 Å². The van der Waals surface area contributed by atoms with Crippen LogP contribution in [0, 0.1) is 5.41 Å². The lowest BCUT2D eigenvalue weighted by Crippen LogP contribution is -2.20. The number of halogens is 1. The van der Waals surface area contributed by atoms with Crippen LogP contribution in [-0.2, 0) is 0 Å². The molecule has 1 heterocycles. The van der Waals surface area contributed by atoms with Gasteiger partial charge in [-0.3, -0.25) is 0 Å². The van der Waals surface area contributed by atoms with Gasteiger partial charge in [-0.05, 0) is 37.2 Å². The minimum Gasteiger partial charge on any atom is -0.241 e. The highest BCUT2D eigenvalue weighted by Gasteiger charge is 2.29. The van der Waals surface area contributed by atoms with E-state index in [1.807, 2.05) is 17.4 Å². The standard InChI is InChI=1S/C17H20BrNS/c1-17(2)9-7-12(8-10-17)16-19-15(11-20-16)13-5-3-4-6-14(13)18/h3-6,11-12H,7-10H2,1-2H3. The van der Waals surface area contributed by atoms with Gasteiger partial charge in [-0.25, -0.2) is 4.98 Å². The van der Waals surface area contributed by atoms with E-state index in [4.69, 9.17) is 4.98 Å². The van der Waals surface area contributed by atoms with Crippen LogP contribution in [0.4, 0.5) is 0 Å². The van der Waals surface area contributed by atoms with Crippen molar-refractivity contribution in [3.05, 3.63) is 39.1 Å². The Kier molecular flexibility index (Phi) is 4.00. The van der Waals surface area contributed by atoms with Crippen LogP contribution in [0.2, 0.25) is 0 Å². The van der Waals surface area contributed by atoms with Gasteiger partial charge in [0.05, 0.1) is 10.7 Å². The van der Waals surface area contributed by atoms with Gasteiger partial charge in [0.2, 0.25) is 0 Å². The first-order valence-electron chi connectivity index (χ1n) is 7.25. The van der Waals surface area contributed by atoms with Crippen molar-refractivity contribution in [1.29, 1.82) is 0 Å². The summed E-state index contributed by atoms with van der Waals surface area (Å²) in [5.74, 6) is 0.671. The topological polar surface area (TPSA) is 12.9 Å². The number of aromatic nitrogens is 1. The molecule has 20 heavy (non-hydrogen) atoms. The summed E-state index contributed by atoms with van der Waals surface area (Å²) in [6.07, 6.45) is 5.22. The molecule has 0 saturated heterocycles. The highest BCUT2D eigenvalue weighted by Crippen LogP contribution is 2.43. The Morgan fingerprint density at radius 2 is 1.90 bits per heavy atom. The summed E-state index contributed by atoms with van der Waals surface area (Å²) in [5, 5.41) is 3.53. The van der Waals surface area contributed by atoms with E-state index in [1.54, 1.807) is 0 Å². The van der Waals surface area contributed by atoms with Gasteiger partial charge < -0.3 is 0 Å². The number of nitrogens with zero attached hydrogens (tertiary/aromatic N) is 1. The van der Waals surface area contributed by atoms with Crippen molar-refractivity contribution >= 4 is 27.3 Å². The van der Waals surface area contributed by atoms with E-state index in [-0.39, 0.29) is 0 Å². The first kappa shape index (κ1) is 14.3. The Morgan fingerprint density at radius 1 is 1.20 bits per heavy atom. The first-order valence-corrected chi connectivity index (χ1v) is 8.93. The van der Waals surface area contributed by atoms with Crippen LogP contribution in [0.25, 0.3) is 11.3 Å². The second-order valence-corrected chi connectivity index (χ2v) is 8.23. The second-order valence-electron chi connectivity index (χ2n) is 6.49. The van der Waals surface area contributed by atoms with Crippen molar-refractivity contribution in [3.8, 4) is 11.3 Å². The summed E-state index contributed by atoms with van der Waals surface area (Å²) in [5.41, 5.74) is 2.84. The van der Waals surface area contributed by atoms with Crippen molar-refractivity contribution < 1.29 is 0 Å². The Bertz CT molecular complexity index is 593. The third kappa shape index (κ3) is 2.99. The maximum absolute atomic E-state index is 4.90. The molecule has 0 N–H and O–H groups in total. The van der Waals surface area contributed by atoms with E-state index in [0.717, 1.165) is 10.2 Å². The maximum Gasteiger partial charge on any atom is 0.0963 e. The average Bonchev–Trinajstić information content (AvgIpc) is 2.88. The number of thiazole rings is 1. The normalized spacial score (nSPS) is 19.1. The van der Waals surface area contributed by atoms with Gasteiger partial charge in [0.25, 0.3) is 0 Å². The molecule has 106 valence electrons. The van der Waals surface area contributed by atoms with Gasteiger partial charge >= 0.3 is 0 Å². The fourth-order valence-electron chi connectivity index (χ4n) is 2.91. The zero-order chi connectivity index (χ0) is 14.2. The SMILES string of the molecule is CC1(C)CCC(c2nc(-c3ccccc3Br)cs2)CC1. The van der Waals surface area contributed by atoms with E-state index >= 15 is 0 Å². The molecule has 3 rings (SSSR count). The molecule has 2 aromatic rings. The van der Waals surface area contributed by atoms with E-state index in [2.05, 4.69) is 53.4 Å². The Balaban J connectivity index is 1.80. The molecule has 1 aromatic heterocycles. The van der Waals surface area contributed by atoms with Crippen molar-refractivity contribution in [3.63, 3.8) is 0 Å². The molecule has 1 aliphatic rings. The summed E-state index contributed by atoms with van der Waals surface area (Å²) in [7, 11) is 0. The van der Waals surface area contributed by atoms with Gasteiger partial charge in [-0.1, -0.05) is 48.0 Å². The fraction of sp³-hybridized carbons (Fsp3) is 0.471. The lowest BCUT2D eigenvalue weighted by molar-refractivity contribution is 0.224. The summed E-state index contributed by atoms with van der Waals surface area (Å²) in [4.78, 5) is 4.90. The van der Waals surface area contributed by atoms with E-state index < -0.39 is 0 Å². The molecule has 0 bridgehead atoms. The van der Waals surface area contributed by atoms with Crippen LogP contribution in [0.15, 0.2) is 34.1 Å². The quantitative estimate of drug-likeness (QED) is 0.623. The zero-order valence-corrected chi connectivity index (χ0v) is 14.4. The molecule has 0 spiro atoms. The highest BCUT2D eigenvalue weighted by molar-refractivity contribution is 9.10. The Hall–Kier alpha value is -0.670. The zero-order valence-electron chi connectivity index (χ0n) is 12.0. The number of benzene rings is 1. The van der Waals surface area contributed by atoms with Crippen LogP contribution in [0.1, 0.15) is 50.5 Å². The second kappa shape index (κ2) is 5.61. The molecular formula is C17H20BrNS. The minimum absolute atomic E-state index is 0.527. The predicted octanol–water partition coefficient (Wildman–Crippen LogP) is 6.26. The number of hydrogen-bond acceptors (Lipinski definition) is 2. The molecule has 1 nitrogen and oxygen atoms in total. The van der Waals surface area contributed by atoms with Crippen molar-refractivity contribution in [1.82, 2.24) is 4.98 Å². The molecule has 1 saturated carbocycles.